The van der Waals surface area contributed by atoms with E-state index in [1.165, 1.54) is 30.0 Å². The van der Waals surface area contributed by atoms with Crippen LogP contribution in [0.5, 0.6) is 0 Å². The van der Waals surface area contributed by atoms with Crippen LogP contribution in [0, 0.1) is 11.7 Å². The van der Waals surface area contributed by atoms with E-state index in [0.29, 0.717) is 23.3 Å². The van der Waals surface area contributed by atoms with Crippen molar-refractivity contribution in [3.05, 3.63) is 29.6 Å². The Labute approximate surface area is 133 Å². The topological polar surface area (TPSA) is 66.4 Å². The molecule has 4 nitrogen and oxygen atoms in total. The molecule has 22 heavy (non-hydrogen) atoms. The summed E-state index contributed by atoms with van der Waals surface area (Å²) in [7, 11) is 0. The van der Waals surface area contributed by atoms with Gasteiger partial charge in [-0.1, -0.05) is 19.3 Å². The van der Waals surface area contributed by atoms with Crippen molar-refractivity contribution in [2.45, 2.75) is 43.0 Å². The third-order valence-corrected chi connectivity index (χ3v) is 4.82. The molecule has 1 aliphatic carbocycles. The van der Waals surface area contributed by atoms with Gasteiger partial charge in [-0.15, -0.1) is 11.8 Å². The third kappa shape index (κ3) is 4.00. The van der Waals surface area contributed by atoms with Gasteiger partial charge in [0.15, 0.2) is 0 Å². The molecule has 0 unspecified atom stereocenters. The number of aliphatic carboxylic acids is 1. The van der Waals surface area contributed by atoms with Gasteiger partial charge in [-0.05, 0) is 37.3 Å². The highest BCUT2D eigenvalue weighted by atomic mass is 32.2. The molecule has 0 radical (unpaired) electrons. The van der Waals surface area contributed by atoms with E-state index in [4.69, 9.17) is 0 Å². The first-order valence-electron chi connectivity index (χ1n) is 7.40. The molecule has 0 aromatic heterocycles. The molecule has 1 fully saturated rings. The largest absolute Gasteiger partial charge is 0.481 e. The number of carboxylic acids is 1. The van der Waals surface area contributed by atoms with Crippen LogP contribution in [0.3, 0.4) is 0 Å². The molecule has 0 saturated heterocycles. The first-order chi connectivity index (χ1) is 10.5. The fourth-order valence-corrected chi connectivity index (χ4v) is 3.34. The van der Waals surface area contributed by atoms with Gasteiger partial charge in [-0.2, -0.15) is 0 Å². The van der Waals surface area contributed by atoms with Crippen molar-refractivity contribution in [1.29, 1.82) is 0 Å². The van der Waals surface area contributed by atoms with Crippen molar-refractivity contribution in [3.8, 4) is 0 Å². The second-order valence-corrected chi connectivity index (χ2v) is 6.36. The highest BCUT2D eigenvalue weighted by Crippen LogP contribution is 2.25. The molecule has 120 valence electrons. The van der Waals surface area contributed by atoms with Crippen LogP contribution in [-0.2, 0) is 4.79 Å². The summed E-state index contributed by atoms with van der Waals surface area (Å²) in [5.74, 6) is -2.11. The molecule has 0 bridgehead atoms. The van der Waals surface area contributed by atoms with E-state index in [1.54, 1.807) is 6.26 Å². The zero-order valence-electron chi connectivity index (χ0n) is 12.5. The van der Waals surface area contributed by atoms with E-state index in [0.717, 1.165) is 19.3 Å². The summed E-state index contributed by atoms with van der Waals surface area (Å²) in [6.45, 7) is 0. The molecule has 2 N–H and O–H groups in total. The van der Waals surface area contributed by atoms with Crippen LogP contribution in [0.2, 0.25) is 0 Å². The van der Waals surface area contributed by atoms with Crippen LogP contribution in [0.15, 0.2) is 23.1 Å². The number of hydrogen-bond acceptors (Lipinski definition) is 3. The van der Waals surface area contributed by atoms with Gasteiger partial charge in [-0.3, -0.25) is 9.59 Å². The van der Waals surface area contributed by atoms with Crippen molar-refractivity contribution in [2.75, 3.05) is 6.26 Å². The van der Waals surface area contributed by atoms with Gasteiger partial charge in [0.2, 0.25) is 0 Å². The lowest BCUT2D eigenvalue weighted by molar-refractivity contribution is -0.142. The number of nitrogens with one attached hydrogen (secondary N) is 1. The fraction of sp³-hybridized carbons (Fsp3) is 0.500. The summed E-state index contributed by atoms with van der Waals surface area (Å²) in [4.78, 5) is 24.1. The molecular weight excluding hydrogens is 305 g/mol. The number of carboxylic acid groups (broad SMARTS) is 1. The summed E-state index contributed by atoms with van der Waals surface area (Å²) in [5.41, 5.74) is 0.360. The van der Waals surface area contributed by atoms with Gasteiger partial charge < -0.3 is 10.4 Å². The van der Waals surface area contributed by atoms with Gasteiger partial charge in [0, 0.05) is 16.5 Å². The van der Waals surface area contributed by atoms with Gasteiger partial charge in [0.1, 0.15) is 5.82 Å². The number of carbonyl (C=O) groups excluding carboxylic acids is 1. The molecule has 6 heteroatoms. The molecule has 1 amide bonds. The molecular formula is C16H20FNO3S. The highest BCUT2D eigenvalue weighted by Gasteiger charge is 2.30. The lowest BCUT2D eigenvalue weighted by atomic mass is 9.94. The van der Waals surface area contributed by atoms with Crippen molar-refractivity contribution < 1.29 is 19.1 Å². The molecule has 1 aromatic carbocycles. The van der Waals surface area contributed by atoms with Crippen LogP contribution in [0.1, 0.15) is 42.5 Å². The third-order valence-electron chi connectivity index (χ3n) is 4.06. The Morgan fingerprint density at radius 3 is 2.68 bits per heavy atom. The Kier molecular flexibility index (Phi) is 5.83. The van der Waals surface area contributed by atoms with Crippen LogP contribution >= 0.6 is 11.8 Å². The predicted molar refractivity (Wildman–Crippen MR) is 83.6 cm³/mol. The summed E-state index contributed by atoms with van der Waals surface area (Å²) in [6.07, 6.45) is 5.76. The van der Waals surface area contributed by atoms with Crippen LogP contribution < -0.4 is 5.32 Å². The molecule has 2 atom stereocenters. The van der Waals surface area contributed by atoms with E-state index in [1.807, 2.05) is 0 Å². The molecule has 1 aromatic rings. The second kappa shape index (κ2) is 7.63. The number of carbonyl (C=O) groups is 2. The smallest absolute Gasteiger partial charge is 0.308 e. The lowest BCUT2D eigenvalue weighted by Gasteiger charge is -2.23. The standard InChI is InChI=1S/C16H20FNO3S/c1-22-14-9-10(7-8-12(14)17)15(19)18-13-6-4-2-3-5-11(13)16(20)21/h7-9,11,13H,2-6H2,1H3,(H,18,19)(H,20,21)/t11-,13+/m1/s1. The van der Waals surface area contributed by atoms with Crippen molar-refractivity contribution in [2.24, 2.45) is 5.92 Å². The van der Waals surface area contributed by atoms with Crippen molar-refractivity contribution in [3.63, 3.8) is 0 Å². The number of rotatable bonds is 4. The van der Waals surface area contributed by atoms with E-state index in [2.05, 4.69) is 5.32 Å². The maximum Gasteiger partial charge on any atom is 0.308 e. The van der Waals surface area contributed by atoms with E-state index < -0.39 is 11.9 Å². The Morgan fingerprint density at radius 2 is 2.00 bits per heavy atom. The lowest BCUT2D eigenvalue weighted by Crippen LogP contribution is -2.42. The van der Waals surface area contributed by atoms with E-state index >= 15 is 0 Å². The minimum absolute atomic E-state index is 0.339. The average Bonchev–Trinajstić information content (AvgIpc) is 2.73. The van der Waals surface area contributed by atoms with Gasteiger partial charge in [0.25, 0.3) is 5.91 Å². The van der Waals surface area contributed by atoms with Crippen molar-refractivity contribution in [1.82, 2.24) is 5.32 Å². The predicted octanol–water partition coefficient (Wildman–Crippen LogP) is 3.31. The summed E-state index contributed by atoms with van der Waals surface area (Å²) in [5, 5.41) is 12.2. The summed E-state index contributed by atoms with van der Waals surface area (Å²) in [6, 6.07) is 3.83. The second-order valence-electron chi connectivity index (χ2n) is 5.51. The van der Waals surface area contributed by atoms with Gasteiger partial charge >= 0.3 is 5.97 Å². The maximum absolute atomic E-state index is 13.5. The highest BCUT2D eigenvalue weighted by molar-refractivity contribution is 7.98. The minimum atomic E-state index is -0.865. The maximum atomic E-state index is 13.5. The Bertz CT molecular complexity index is 564. The normalized spacial score (nSPS) is 21.9. The molecule has 2 rings (SSSR count). The Morgan fingerprint density at radius 1 is 1.27 bits per heavy atom. The first-order valence-corrected chi connectivity index (χ1v) is 8.62. The van der Waals surface area contributed by atoms with E-state index in [9.17, 15) is 19.1 Å². The molecule has 0 aliphatic heterocycles. The SMILES string of the molecule is CSc1cc(C(=O)N[C@H]2CCCCC[C@H]2C(=O)O)ccc1F. The minimum Gasteiger partial charge on any atom is -0.481 e. The molecule has 0 spiro atoms. The fourth-order valence-electron chi connectivity index (χ4n) is 2.83. The summed E-state index contributed by atoms with van der Waals surface area (Å²) < 4.78 is 13.5. The number of amides is 1. The van der Waals surface area contributed by atoms with Crippen molar-refractivity contribution >= 4 is 23.6 Å². The zero-order valence-corrected chi connectivity index (χ0v) is 13.3. The Hall–Kier alpha value is -1.56. The Balaban J connectivity index is 2.13. The van der Waals surface area contributed by atoms with Crippen LogP contribution in [0.25, 0.3) is 0 Å². The number of hydrogen-bond donors (Lipinski definition) is 2. The monoisotopic (exact) mass is 325 g/mol. The number of halogens is 1. The number of benzene rings is 1. The van der Waals surface area contributed by atoms with Crippen LogP contribution in [0.4, 0.5) is 4.39 Å². The molecule has 1 saturated carbocycles. The van der Waals surface area contributed by atoms with E-state index in [-0.39, 0.29) is 17.8 Å². The summed E-state index contributed by atoms with van der Waals surface area (Å²) >= 11 is 1.23. The quantitative estimate of drug-likeness (QED) is 0.658. The zero-order chi connectivity index (χ0) is 16.1. The number of thioether (sulfide) groups is 1. The van der Waals surface area contributed by atoms with Crippen LogP contribution in [-0.4, -0.2) is 29.3 Å². The average molecular weight is 325 g/mol. The van der Waals surface area contributed by atoms with Gasteiger partial charge in [-0.25, -0.2) is 4.39 Å². The van der Waals surface area contributed by atoms with Gasteiger partial charge in [0.05, 0.1) is 5.92 Å². The first kappa shape index (κ1) is 16.8. The molecule has 0 heterocycles. The molecule has 1 aliphatic rings.